The highest BCUT2D eigenvalue weighted by Crippen LogP contribution is 2.30. The molecule has 0 aromatic heterocycles. The van der Waals surface area contributed by atoms with Gasteiger partial charge in [-0.1, -0.05) is 32.9 Å². The van der Waals surface area contributed by atoms with Gasteiger partial charge in [0.05, 0.1) is 0 Å². The first kappa shape index (κ1) is 17.2. The number of unbranched alkanes of at least 4 members (excludes halogenated alkanes) is 1. The van der Waals surface area contributed by atoms with E-state index in [1.54, 1.807) is 0 Å². The number of carbonyl (C=O) groups excluding carboxylic acids is 1. The molecule has 2 nitrogen and oxygen atoms in total. The van der Waals surface area contributed by atoms with Gasteiger partial charge in [0, 0.05) is 6.42 Å². The van der Waals surface area contributed by atoms with Crippen LogP contribution in [0.2, 0.25) is 38.3 Å². The molecule has 0 radical (unpaired) electrons. The second-order valence-corrected chi connectivity index (χ2v) is 17.8. The first-order valence-corrected chi connectivity index (χ1v) is 13.9. The Labute approximate surface area is 113 Å². The molecule has 0 aromatic rings. The molecule has 102 valence electrons. The average Bonchev–Trinajstić information content (AvgIpc) is 2.07. The molecule has 0 aliphatic carbocycles. The van der Waals surface area contributed by atoms with Crippen molar-refractivity contribution in [3.63, 3.8) is 0 Å². The lowest BCUT2D eigenvalue weighted by Crippen LogP contribution is -2.29. The van der Waals surface area contributed by atoms with Gasteiger partial charge >= 0.3 is 0 Å². The predicted molar refractivity (Wildman–Crippen MR) is 80.7 cm³/mol. The van der Waals surface area contributed by atoms with E-state index in [1.165, 1.54) is 0 Å². The summed E-state index contributed by atoms with van der Waals surface area (Å²) in [6, 6.07) is 0. The van der Waals surface area contributed by atoms with Crippen LogP contribution >= 0.6 is 11.1 Å². The molecular weight excluding hydrogens is 268 g/mol. The van der Waals surface area contributed by atoms with Crippen molar-refractivity contribution >= 4 is 32.7 Å². The average molecular weight is 295 g/mol. The molecule has 0 aromatic carbocycles. The number of rotatable bonds is 7. The highest BCUT2D eigenvalue weighted by atomic mass is 35.6. The Kier molecular flexibility index (Phi) is 7.03. The maximum Gasteiger partial charge on any atom is 0.292 e. The molecule has 17 heavy (non-hydrogen) atoms. The second kappa shape index (κ2) is 6.95. The summed E-state index contributed by atoms with van der Waals surface area (Å²) in [4.78, 5) is 11.5. The highest BCUT2D eigenvalue weighted by Gasteiger charge is 2.25. The fourth-order valence-electron chi connectivity index (χ4n) is 1.46. The summed E-state index contributed by atoms with van der Waals surface area (Å²) in [5.74, 6) is -0.0285. The van der Waals surface area contributed by atoms with Crippen LogP contribution in [0.5, 0.6) is 0 Å². The summed E-state index contributed by atoms with van der Waals surface area (Å²) in [7, 11) is -3.21. The smallest absolute Gasteiger partial charge is 0.292 e. The van der Waals surface area contributed by atoms with Crippen LogP contribution in [0.3, 0.4) is 0 Å². The first-order chi connectivity index (χ1) is 7.52. The quantitative estimate of drug-likeness (QED) is 0.384. The van der Waals surface area contributed by atoms with Crippen molar-refractivity contribution in [1.29, 1.82) is 0 Å². The van der Waals surface area contributed by atoms with Crippen molar-refractivity contribution in [3.05, 3.63) is 0 Å². The van der Waals surface area contributed by atoms with Crippen molar-refractivity contribution in [2.75, 3.05) is 0 Å². The third kappa shape index (κ3) is 9.86. The van der Waals surface area contributed by atoms with Gasteiger partial charge < -0.3 is 4.43 Å². The molecule has 0 bridgehead atoms. The zero-order valence-electron chi connectivity index (χ0n) is 12.1. The molecule has 0 aliphatic rings. The van der Waals surface area contributed by atoms with Crippen LogP contribution in [0.25, 0.3) is 0 Å². The van der Waals surface area contributed by atoms with Crippen molar-refractivity contribution in [2.24, 2.45) is 0 Å². The van der Waals surface area contributed by atoms with Gasteiger partial charge in [-0.25, -0.2) is 0 Å². The summed E-state index contributed by atoms with van der Waals surface area (Å²) in [6.45, 7) is 12.7. The Hall–Kier alpha value is 0.194. The summed E-state index contributed by atoms with van der Waals surface area (Å²) >= 11 is 6.37. The van der Waals surface area contributed by atoms with Crippen LogP contribution in [0, 0.1) is 0 Å². The lowest BCUT2D eigenvalue weighted by molar-refractivity contribution is -0.135. The third-order valence-corrected chi connectivity index (χ3v) is 7.45. The molecule has 5 heteroatoms. The van der Waals surface area contributed by atoms with Gasteiger partial charge in [0.15, 0.2) is 7.38 Å². The summed E-state index contributed by atoms with van der Waals surface area (Å²) in [5, 5.41) is 0. The van der Waals surface area contributed by atoms with Gasteiger partial charge in [-0.05, 0) is 31.6 Å². The molecule has 0 N–H and O–H groups in total. The Morgan fingerprint density at radius 3 is 2.12 bits per heavy atom. The monoisotopic (exact) mass is 294 g/mol. The lowest BCUT2D eigenvalue weighted by atomic mass is 10.1. The van der Waals surface area contributed by atoms with E-state index < -0.39 is 15.7 Å². The lowest BCUT2D eigenvalue weighted by Gasteiger charge is -2.22. The summed E-state index contributed by atoms with van der Waals surface area (Å²) in [6.07, 6.45) is 3.68. The van der Waals surface area contributed by atoms with E-state index >= 15 is 0 Å². The molecule has 0 spiro atoms. The highest BCUT2D eigenvalue weighted by molar-refractivity contribution is 7.19. The van der Waals surface area contributed by atoms with E-state index in [4.69, 9.17) is 15.5 Å². The van der Waals surface area contributed by atoms with Gasteiger partial charge in [0.25, 0.3) is 5.97 Å². The van der Waals surface area contributed by atoms with E-state index in [1.807, 2.05) is 19.6 Å². The number of hydrogen-bond donors (Lipinski definition) is 0. The zero-order chi connectivity index (χ0) is 13.7. The summed E-state index contributed by atoms with van der Waals surface area (Å²) in [5.41, 5.74) is 0.608. The topological polar surface area (TPSA) is 26.3 Å². The molecule has 1 atom stereocenters. The fraction of sp³-hybridized carbons (Fsp3) is 0.917. The van der Waals surface area contributed by atoms with Crippen LogP contribution in [0.4, 0.5) is 0 Å². The number of halogens is 1. The molecular formula is C12H27ClO2Si2. The van der Waals surface area contributed by atoms with Crippen molar-refractivity contribution in [2.45, 2.75) is 70.9 Å². The predicted octanol–water partition coefficient (Wildman–Crippen LogP) is 4.76. The molecule has 0 saturated heterocycles. The van der Waals surface area contributed by atoms with Crippen molar-refractivity contribution in [3.8, 4) is 0 Å². The van der Waals surface area contributed by atoms with Gasteiger partial charge in [-0.2, -0.15) is 11.1 Å². The van der Waals surface area contributed by atoms with Gasteiger partial charge in [-0.3, -0.25) is 4.79 Å². The molecule has 0 rings (SSSR count). The van der Waals surface area contributed by atoms with Gasteiger partial charge in [0.1, 0.15) is 0 Å². The van der Waals surface area contributed by atoms with Crippen molar-refractivity contribution < 1.29 is 9.22 Å². The molecule has 0 fully saturated rings. The van der Waals surface area contributed by atoms with Gasteiger partial charge in [0.2, 0.25) is 8.32 Å². The van der Waals surface area contributed by atoms with Gasteiger partial charge in [-0.15, -0.1) is 0 Å². The Bertz CT molecular complexity index is 244. The fourth-order valence-corrected chi connectivity index (χ4v) is 3.46. The van der Waals surface area contributed by atoms with Crippen LogP contribution in [-0.4, -0.2) is 21.7 Å². The van der Waals surface area contributed by atoms with Crippen LogP contribution < -0.4 is 0 Å². The van der Waals surface area contributed by atoms with E-state index in [0.717, 1.165) is 19.3 Å². The molecule has 0 aliphatic heterocycles. The van der Waals surface area contributed by atoms with Crippen molar-refractivity contribution in [1.82, 2.24) is 0 Å². The number of carbonyl (C=O) groups is 1. The zero-order valence-corrected chi connectivity index (χ0v) is 14.9. The minimum absolute atomic E-state index is 0.0285. The third-order valence-electron chi connectivity index (χ3n) is 2.86. The SMILES string of the molecule is CC(CCCCC(=O)O[Si](C)(C)C)[Si](C)(C)Cl. The molecule has 0 amide bonds. The van der Waals surface area contributed by atoms with Crippen LogP contribution in [0.1, 0.15) is 32.6 Å². The normalized spacial score (nSPS) is 14.5. The van der Waals surface area contributed by atoms with E-state index in [9.17, 15) is 4.79 Å². The minimum Gasteiger partial charge on any atom is -0.520 e. The van der Waals surface area contributed by atoms with E-state index in [0.29, 0.717) is 12.0 Å². The molecule has 0 saturated carbocycles. The minimum atomic E-state index is -1.70. The largest absolute Gasteiger partial charge is 0.520 e. The Balaban J connectivity index is 3.69. The Morgan fingerprint density at radius 2 is 1.71 bits per heavy atom. The second-order valence-electron chi connectivity index (χ2n) is 6.30. The maximum absolute atomic E-state index is 11.5. The van der Waals surface area contributed by atoms with Crippen LogP contribution in [-0.2, 0) is 9.22 Å². The first-order valence-electron chi connectivity index (χ1n) is 6.43. The van der Waals surface area contributed by atoms with E-state index in [-0.39, 0.29) is 5.97 Å². The standard InChI is InChI=1S/C12H27ClO2Si2/c1-11(17(5,6)13)9-7-8-10-12(14)15-16(2,3)4/h11H,7-10H2,1-6H3. The van der Waals surface area contributed by atoms with E-state index in [2.05, 4.69) is 20.0 Å². The maximum atomic E-state index is 11.5. The molecule has 0 heterocycles. The Morgan fingerprint density at radius 1 is 1.18 bits per heavy atom. The van der Waals surface area contributed by atoms with Crippen LogP contribution in [0.15, 0.2) is 0 Å². The number of hydrogen-bond acceptors (Lipinski definition) is 2. The summed E-state index contributed by atoms with van der Waals surface area (Å²) < 4.78 is 5.39. The molecule has 1 unspecified atom stereocenters.